The summed E-state index contributed by atoms with van der Waals surface area (Å²) in [5.74, 6) is -1.67. The van der Waals surface area contributed by atoms with Crippen LogP contribution < -0.4 is 4.74 Å². The zero-order chi connectivity index (χ0) is 15.2. The lowest BCUT2D eigenvalue weighted by molar-refractivity contribution is -0.138. The number of alkyl halides is 3. The quantitative estimate of drug-likeness (QED) is 0.784. The van der Waals surface area contributed by atoms with Crippen molar-refractivity contribution in [3.63, 3.8) is 0 Å². The van der Waals surface area contributed by atoms with Crippen molar-refractivity contribution in [2.75, 3.05) is 19.8 Å². The molecule has 0 heterocycles. The highest BCUT2D eigenvalue weighted by molar-refractivity contribution is 5.89. The topological polar surface area (TPSA) is 55.8 Å². The van der Waals surface area contributed by atoms with Crippen molar-refractivity contribution < 1.29 is 32.5 Å². The predicted octanol–water partition coefficient (Wildman–Crippen LogP) is 3.21. The second-order valence-electron chi connectivity index (χ2n) is 3.97. The third kappa shape index (κ3) is 4.73. The van der Waals surface area contributed by atoms with Crippen molar-refractivity contribution >= 4 is 5.97 Å². The fourth-order valence-corrected chi connectivity index (χ4v) is 1.50. The van der Waals surface area contributed by atoms with Gasteiger partial charge < -0.3 is 14.6 Å². The molecule has 0 atom stereocenters. The summed E-state index contributed by atoms with van der Waals surface area (Å²) in [6.07, 6.45) is -3.91. The monoisotopic (exact) mass is 292 g/mol. The zero-order valence-electron chi connectivity index (χ0n) is 10.9. The van der Waals surface area contributed by atoms with Crippen LogP contribution >= 0.6 is 0 Å². The van der Waals surface area contributed by atoms with E-state index in [2.05, 4.69) is 0 Å². The number of aromatic carboxylic acids is 1. The first-order valence-corrected chi connectivity index (χ1v) is 6.01. The molecular formula is C13H15F3O4. The van der Waals surface area contributed by atoms with Gasteiger partial charge in [0.25, 0.3) is 0 Å². The molecule has 0 aromatic heterocycles. The first-order valence-electron chi connectivity index (χ1n) is 6.01. The molecule has 0 aliphatic heterocycles. The fourth-order valence-electron chi connectivity index (χ4n) is 1.50. The summed E-state index contributed by atoms with van der Waals surface area (Å²) in [6, 6.07) is 2.76. The molecule has 0 radical (unpaired) electrons. The Kier molecular flexibility index (Phi) is 5.82. The van der Waals surface area contributed by atoms with Crippen LogP contribution in [-0.2, 0) is 10.9 Å². The maximum atomic E-state index is 12.7. The van der Waals surface area contributed by atoms with Crippen molar-refractivity contribution in [1.82, 2.24) is 0 Å². The highest BCUT2D eigenvalue weighted by atomic mass is 19.4. The molecular weight excluding hydrogens is 277 g/mol. The third-order valence-electron chi connectivity index (χ3n) is 2.37. The van der Waals surface area contributed by atoms with Crippen molar-refractivity contribution in [2.24, 2.45) is 0 Å². The molecule has 0 spiro atoms. The summed E-state index contributed by atoms with van der Waals surface area (Å²) < 4.78 is 48.4. The van der Waals surface area contributed by atoms with Gasteiger partial charge in [0.2, 0.25) is 0 Å². The highest BCUT2D eigenvalue weighted by Crippen LogP contribution is 2.34. The standard InChI is InChI=1S/C13H15F3O4/c1-2-5-19-6-7-20-9-3-4-10(12(17)18)11(8-9)13(14,15)16/h3-4,8H,2,5-7H2,1H3,(H,17,18). The number of hydrogen-bond donors (Lipinski definition) is 1. The van der Waals surface area contributed by atoms with E-state index in [1.807, 2.05) is 6.92 Å². The molecule has 0 aliphatic carbocycles. The van der Waals surface area contributed by atoms with Gasteiger partial charge >= 0.3 is 12.1 Å². The number of benzene rings is 1. The second kappa shape index (κ2) is 7.14. The Hall–Kier alpha value is -1.76. The second-order valence-corrected chi connectivity index (χ2v) is 3.97. The molecule has 1 aromatic carbocycles. The number of carboxylic acids is 1. The van der Waals surface area contributed by atoms with Crippen molar-refractivity contribution in [1.29, 1.82) is 0 Å². The van der Waals surface area contributed by atoms with E-state index in [4.69, 9.17) is 14.6 Å². The summed E-state index contributed by atoms with van der Waals surface area (Å²) in [6.45, 7) is 2.84. The zero-order valence-corrected chi connectivity index (χ0v) is 10.9. The predicted molar refractivity (Wildman–Crippen MR) is 65.0 cm³/mol. The summed E-state index contributed by atoms with van der Waals surface area (Å²) >= 11 is 0. The van der Waals surface area contributed by atoms with Crippen LogP contribution in [0.3, 0.4) is 0 Å². The number of rotatable bonds is 7. The lowest BCUT2D eigenvalue weighted by Gasteiger charge is -2.13. The molecule has 0 saturated heterocycles. The van der Waals surface area contributed by atoms with Crippen LogP contribution in [0.5, 0.6) is 5.75 Å². The van der Waals surface area contributed by atoms with E-state index in [1.54, 1.807) is 0 Å². The minimum atomic E-state index is -4.74. The van der Waals surface area contributed by atoms with E-state index in [1.165, 1.54) is 6.07 Å². The van der Waals surface area contributed by atoms with E-state index in [9.17, 15) is 18.0 Å². The molecule has 7 heteroatoms. The van der Waals surface area contributed by atoms with Crippen molar-refractivity contribution in [3.05, 3.63) is 29.3 Å². The Morgan fingerprint density at radius 3 is 2.50 bits per heavy atom. The molecule has 0 bridgehead atoms. The van der Waals surface area contributed by atoms with E-state index in [0.29, 0.717) is 12.7 Å². The smallest absolute Gasteiger partial charge is 0.417 e. The maximum absolute atomic E-state index is 12.7. The van der Waals surface area contributed by atoms with Gasteiger partial charge in [-0.05, 0) is 24.6 Å². The molecule has 4 nitrogen and oxygen atoms in total. The molecule has 0 fully saturated rings. The Bertz CT molecular complexity index is 457. The first kappa shape index (κ1) is 16.3. The number of halogens is 3. The van der Waals surface area contributed by atoms with Crippen LogP contribution in [0.15, 0.2) is 18.2 Å². The van der Waals surface area contributed by atoms with E-state index < -0.39 is 23.3 Å². The Balaban J connectivity index is 2.77. The first-order chi connectivity index (χ1) is 9.36. The normalized spacial score (nSPS) is 11.4. The molecule has 20 heavy (non-hydrogen) atoms. The van der Waals surface area contributed by atoms with Gasteiger partial charge in [-0.3, -0.25) is 0 Å². The molecule has 1 aromatic rings. The lowest BCUT2D eigenvalue weighted by atomic mass is 10.1. The van der Waals surface area contributed by atoms with Gasteiger partial charge in [0.1, 0.15) is 12.4 Å². The molecule has 0 unspecified atom stereocenters. The van der Waals surface area contributed by atoms with Gasteiger partial charge in [-0.1, -0.05) is 6.92 Å². The molecule has 1 N–H and O–H groups in total. The van der Waals surface area contributed by atoms with Crippen LogP contribution in [0, 0.1) is 0 Å². The summed E-state index contributed by atoms with van der Waals surface area (Å²) in [5.41, 5.74) is -2.02. The van der Waals surface area contributed by atoms with Crippen LogP contribution in [-0.4, -0.2) is 30.9 Å². The average molecular weight is 292 g/mol. The Morgan fingerprint density at radius 2 is 1.95 bits per heavy atom. The van der Waals surface area contributed by atoms with Gasteiger partial charge in [0, 0.05) is 6.61 Å². The maximum Gasteiger partial charge on any atom is 0.417 e. The van der Waals surface area contributed by atoms with E-state index in [-0.39, 0.29) is 19.0 Å². The van der Waals surface area contributed by atoms with Gasteiger partial charge in [-0.25, -0.2) is 4.79 Å². The summed E-state index contributed by atoms with van der Waals surface area (Å²) in [7, 11) is 0. The Labute approximate surface area is 114 Å². The van der Waals surface area contributed by atoms with Gasteiger partial charge in [0.15, 0.2) is 0 Å². The van der Waals surface area contributed by atoms with Gasteiger partial charge in [0.05, 0.1) is 17.7 Å². The molecule has 0 saturated carbocycles. The molecule has 1 rings (SSSR count). The van der Waals surface area contributed by atoms with Crippen LogP contribution in [0.1, 0.15) is 29.3 Å². The third-order valence-corrected chi connectivity index (χ3v) is 2.37. The number of ether oxygens (including phenoxy) is 2. The number of hydrogen-bond acceptors (Lipinski definition) is 3. The van der Waals surface area contributed by atoms with Crippen LogP contribution in [0.2, 0.25) is 0 Å². The molecule has 0 amide bonds. The largest absolute Gasteiger partial charge is 0.491 e. The van der Waals surface area contributed by atoms with E-state index in [0.717, 1.165) is 12.5 Å². The van der Waals surface area contributed by atoms with Crippen LogP contribution in [0.4, 0.5) is 13.2 Å². The highest BCUT2D eigenvalue weighted by Gasteiger charge is 2.35. The number of carboxylic acid groups (broad SMARTS) is 1. The van der Waals surface area contributed by atoms with Crippen molar-refractivity contribution in [3.8, 4) is 5.75 Å². The summed E-state index contributed by atoms with van der Waals surface area (Å²) in [5, 5.41) is 8.73. The fraction of sp³-hybridized carbons (Fsp3) is 0.462. The lowest BCUT2D eigenvalue weighted by Crippen LogP contribution is -2.14. The average Bonchev–Trinajstić information content (AvgIpc) is 2.37. The van der Waals surface area contributed by atoms with Gasteiger partial charge in [-0.15, -0.1) is 0 Å². The SMILES string of the molecule is CCCOCCOc1ccc(C(=O)O)c(C(F)(F)F)c1. The number of carbonyl (C=O) groups is 1. The molecule has 112 valence electrons. The van der Waals surface area contributed by atoms with E-state index >= 15 is 0 Å². The van der Waals surface area contributed by atoms with Gasteiger partial charge in [-0.2, -0.15) is 13.2 Å². The minimum Gasteiger partial charge on any atom is -0.491 e. The van der Waals surface area contributed by atoms with Crippen LogP contribution in [0.25, 0.3) is 0 Å². The molecule has 0 aliphatic rings. The van der Waals surface area contributed by atoms with Crippen molar-refractivity contribution in [2.45, 2.75) is 19.5 Å². The summed E-state index contributed by atoms with van der Waals surface area (Å²) in [4.78, 5) is 10.8. The minimum absolute atomic E-state index is 0.0394. The Morgan fingerprint density at radius 1 is 1.25 bits per heavy atom.